The van der Waals surface area contributed by atoms with Gasteiger partial charge in [-0.25, -0.2) is 0 Å². The van der Waals surface area contributed by atoms with Gasteiger partial charge in [-0.15, -0.1) is 0 Å². The second-order valence-corrected chi connectivity index (χ2v) is 7.28. The highest BCUT2D eigenvalue weighted by Crippen LogP contribution is 2.32. The summed E-state index contributed by atoms with van der Waals surface area (Å²) >= 11 is 0. The van der Waals surface area contributed by atoms with E-state index in [-0.39, 0.29) is 0 Å². The molecule has 1 fully saturated rings. The quantitative estimate of drug-likeness (QED) is 0.568. The number of hydrogen-bond acceptors (Lipinski definition) is 5. The molecule has 1 aromatic carbocycles. The van der Waals surface area contributed by atoms with Crippen molar-refractivity contribution in [2.45, 2.75) is 44.9 Å². The van der Waals surface area contributed by atoms with E-state index in [0.717, 1.165) is 37.3 Å². The summed E-state index contributed by atoms with van der Waals surface area (Å²) in [5.41, 5.74) is 1.34. The normalized spacial score (nSPS) is 17.5. The molecule has 5 heteroatoms. The van der Waals surface area contributed by atoms with Crippen molar-refractivity contribution < 1.29 is 14.3 Å². The lowest BCUT2D eigenvalue weighted by Crippen LogP contribution is -2.46. The molecule has 5 nitrogen and oxygen atoms in total. The Labute approximate surface area is 157 Å². The third-order valence-electron chi connectivity index (χ3n) is 5.34. The Morgan fingerprint density at radius 3 is 2.27 bits per heavy atom. The summed E-state index contributed by atoms with van der Waals surface area (Å²) in [6.45, 7) is 7.40. The molecule has 0 N–H and O–H groups in total. The van der Waals surface area contributed by atoms with Crippen LogP contribution in [0.1, 0.15) is 44.1 Å². The summed E-state index contributed by atoms with van der Waals surface area (Å²) in [6, 6.07) is 6.29. The standard InChI is InChI=1S/C21H31N2O3/c24-16-6-2-5-11-23-14-12-22(13-15-23)10-4-1-3-7-19-8-9-20-21(17-19)26-18-25-20/h8-9,17H,1-7,10-15,18H2. The zero-order valence-corrected chi connectivity index (χ0v) is 15.8. The van der Waals surface area contributed by atoms with Crippen molar-refractivity contribution in [2.75, 3.05) is 46.1 Å². The molecule has 2 aliphatic rings. The second-order valence-electron chi connectivity index (χ2n) is 7.28. The number of rotatable bonds is 11. The Balaban J connectivity index is 1.22. The molecule has 3 rings (SSSR count). The van der Waals surface area contributed by atoms with Crippen molar-refractivity contribution in [3.8, 4) is 11.5 Å². The largest absolute Gasteiger partial charge is 0.454 e. The minimum Gasteiger partial charge on any atom is -0.454 e. The van der Waals surface area contributed by atoms with Crippen molar-refractivity contribution in [2.24, 2.45) is 0 Å². The number of hydrogen-bond donors (Lipinski definition) is 0. The number of piperazine rings is 1. The van der Waals surface area contributed by atoms with E-state index >= 15 is 0 Å². The summed E-state index contributed by atoms with van der Waals surface area (Å²) in [5, 5.41) is 0. The highest BCUT2D eigenvalue weighted by Gasteiger charge is 2.16. The van der Waals surface area contributed by atoms with E-state index in [4.69, 9.17) is 9.47 Å². The molecule has 0 bridgehead atoms. The van der Waals surface area contributed by atoms with Crippen molar-refractivity contribution in [3.63, 3.8) is 0 Å². The molecule has 0 amide bonds. The molecule has 1 saturated heterocycles. The average molecular weight is 359 g/mol. The van der Waals surface area contributed by atoms with Crippen LogP contribution in [0.3, 0.4) is 0 Å². The molecule has 0 spiro atoms. The number of aryl methyl sites for hydroxylation is 1. The minimum atomic E-state index is 0.351. The lowest BCUT2D eigenvalue weighted by molar-refractivity contribution is 0.129. The van der Waals surface area contributed by atoms with Gasteiger partial charge in [0.2, 0.25) is 6.79 Å². The van der Waals surface area contributed by atoms with Crippen LogP contribution >= 0.6 is 0 Å². The van der Waals surface area contributed by atoms with E-state index in [1.807, 2.05) is 12.4 Å². The molecule has 0 atom stereocenters. The second kappa shape index (κ2) is 10.5. The SMILES string of the molecule is O=[C]CCCCN1CCN(CCCCCc2ccc3c(c2)OCO3)CC1. The Morgan fingerprint density at radius 1 is 0.846 bits per heavy atom. The zero-order chi connectivity index (χ0) is 18.0. The number of unbranched alkanes of at least 4 members (excludes halogenated alkanes) is 4. The average Bonchev–Trinajstić information content (AvgIpc) is 3.14. The van der Waals surface area contributed by atoms with Crippen LogP contribution in [-0.4, -0.2) is 62.1 Å². The maximum absolute atomic E-state index is 10.2. The topological polar surface area (TPSA) is 42.0 Å². The Hall–Kier alpha value is -1.59. The van der Waals surface area contributed by atoms with E-state index in [2.05, 4.69) is 21.9 Å². The van der Waals surface area contributed by atoms with E-state index in [9.17, 15) is 4.79 Å². The van der Waals surface area contributed by atoms with E-state index in [0.29, 0.717) is 13.2 Å². The van der Waals surface area contributed by atoms with Gasteiger partial charge in [-0.1, -0.05) is 12.5 Å². The third-order valence-corrected chi connectivity index (χ3v) is 5.34. The van der Waals surface area contributed by atoms with E-state index < -0.39 is 0 Å². The maximum Gasteiger partial charge on any atom is 0.231 e. The molecule has 26 heavy (non-hydrogen) atoms. The lowest BCUT2D eigenvalue weighted by atomic mass is 10.1. The van der Waals surface area contributed by atoms with Crippen LogP contribution in [0.5, 0.6) is 11.5 Å². The molecule has 1 radical (unpaired) electrons. The first-order valence-electron chi connectivity index (χ1n) is 10.0. The summed E-state index contributed by atoms with van der Waals surface area (Å²) in [4.78, 5) is 15.3. The van der Waals surface area contributed by atoms with Crippen molar-refractivity contribution in [1.29, 1.82) is 0 Å². The number of fused-ring (bicyclic) bond motifs is 1. The zero-order valence-electron chi connectivity index (χ0n) is 15.8. The molecule has 2 aliphatic heterocycles. The van der Waals surface area contributed by atoms with Gasteiger partial charge in [0.05, 0.1) is 0 Å². The number of ether oxygens (including phenoxy) is 2. The minimum absolute atomic E-state index is 0.351. The van der Waals surface area contributed by atoms with Crippen LogP contribution in [0, 0.1) is 0 Å². The van der Waals surface area contributed by atoms with Gasteiger partial charge in [-0.2, -0.15) is 0 Å². The van der Waals surface area contributed by atoms with Crippen LogP contribution in [-0.2, 0) is 11.2 Å². The summed E-state index contributed by atoms with van der Waals surface area (Å²) in [5.74, 6) is 1.76. The fourth-order valence-electron chi connectivity index (χ4n) is 3.71. The van der Waals surface area contributed by atoms with Gasteiger partial charge in [-0.05, 0) is 62.9 Å². The van der Waals surface area contributed by atoms with Gasteiger partial charge in [0, 0.05) is 32.6 Å². The van der Waals surface area contributed by atoms with Gasteiger partial charge in [0.25, 0.3) is 0 Å². The molecule has 2 heterocycles. The number of benzene rings is 1. The van der Waals surface area contributed by atoms with Gasteiger partial charge in [-0.3, -0.25) is 4.79 Å². The number of carbonyl (C=O) groups excluding carboxylic acids is 1. The van der Waals surface area contributed by atoms with Crippen molar-refractivity contribution in [1.82, 2.24) is 9.80 Å². The van der Waals surface area contributed by atoms with Crippen molar-refractivity contribution in [3.05, 3.63) is 23.8 Å². The van der Waals surface area contributed by atoms with Gasteiger partial charge >= 0.3 is 0 Å². The van der Waals surface area contributed by atoms with Crippen LogP contribution in [0.15, 0.2) is 18.2 Å². The van der Waals surface area contributed by atoms with Crippen LogP contribution in [0.4, 0.5) is 0 Å². The van der Waals surface area contributed by atoms with Gasteiger partial charge in [0.1, 0.15) is 0 Å². The van der Waals surface area contributed by atoms with Gasteiger partial charge in [0.15, 0.2) is 17.8 Å². The summed E-state index contributed by atoms with van der Waals surface area (Å²) in [7, 11) is 0. The Kier molecular flexibility index (Phi) is 7.77. The molecule has 143 valence electrons. The molecule has 0 aromatic heterocycles. The Morgan fingerprint density at radius 2 is 1.54 bits per heavy atom. The smallest absolute Gasteiger partial charge is 0.231 e. The lowest BCUT2D eigenvalue weighted by Gasteiger charge is -2.34. The first-order valence-corrected chi connectivity index (χ1v) is 10.0. The number of nitrogens with zero attached hydrogens (tertiary/aromatic N) is 2. The van der Waals surface area contributed by atoms with E-state index in [1.54, 1.807) is 0 Å². The highest BCUT2D eigenvalue weighted by atomic mass is 16.7. The van der Waals surface area contributed by atoms with Crippen LogP contribution < -0.4 is 9.47 Å². The third kappa shape index (κ3) is 5.99. The first-order chi connectivity index (χ1) is 12.8. The fraction of sp³-hybridized carbons (Fsp3) is 0.667. The molecular weight excluding hydrogens is 328 g/mol. The predicted molar refractivity (Wildman–Crippen MR) is 103 cm³/mol. The summed E-state index contributed by atoms with van der Waals surface area (Å²) < 4.78 is 10.8. The van der Waals surface area contributed by atoms with Crippen LogP contribution in [0.25, 0.3) is 0 Å². The molecule has 1 aromatic rings. The fourth-order valence-corrected chi connectivity index (χ4v) is 3.71. The highest BCUT2D eigenvalue weighted by molar-refractivity contribution is 5.50. The van der Waals surface area contributed by atoms with Gasteiger partial charge < -0.3 is 19.3 Å². The Bertz CT molecular complexity index is 556. The molecule has 0 saturated carbocycles. The predicted octanol–water partition coefficient (Wildman–Crippen LogP) is 3.03. The first kappa shape index (κ1) is 19.2. The van der Waals surface area contributed by atoms with Crippen molar-refractivity contribution >= 4 is 6.29 Å². The molecule has 0 unspecified atom stereocenters. The monoisotopic (exact) mass is 359 g/mol. The van der Waals surface area contributed by atoms with E-state index in [1.165, 1.54) is 57.5 Å². The van der Waals surface area contributed by atoms with Crippen LogP contribution in [0.2, 0.25) is 0 Å². The summed E-state index contributed by atoms with van der Waals surface area (Å²) in [6.07, 6.45) is 9.56. The molecular formula is C21H31N2O3. The molecule has 0 aliphatic carbocycles. The maximum atomic E-state index is 10.2.